The molecule has 47 heavy (non-hydrogen) atoms. The maximum atomic E-state index is 13.8. The molecule has 3 heterocycles. The van der Waals surface area contributed by atoms with Gasteiger partial charge in [-0.05, 0) is 68.0 Å². The van der Waals surface area contributed by atoms with E-state index in [-0.39, 0.29) is 46.3 Å². The first kappa shape index (κ1) is 33.8. The number of hydrogen-bond acceptors (Lipinski definition) is 8. The summed E-state index contributed by atoms with van der Waals surface area (Å²) in [5, 5.41) is 21.6. The van der Waals surface area contributed by atoms with Crippen LogP contribution in [-0.2, 0) is 13.0 Å². The molecule has 13 heteroatoms. The summed E-state index contributed by atoms with van der Waals surface area (Å²) in [6.45, 7) is 6.27. The Hall–Kier alpha value is -4.60. The minimum Gasteiger partial charge on any atom is -0.491 e. The van der Waals surface area contributed by atoms with Crippen LogP contribution in [0.2, 0.25) is 5.02 Å². The zero-order chi connectivity index (χ0) is 34.2. The number of carboxylic acid groups (broad SMARTS) is 1. The number of fused-ring (bicyclic) bond motifs is 2. The summed E-state index contributed by atoms with van der Waals surface area (Å²) >= 11 is 7.61. The molecular weight excluding hydrogens is 650 g/mol. The smallest absolute Gasteiger partial charge is 0.387 e. The van der Waals surface area contributed by atoms with Gasteiger partial charge < -0.3 is 14.6 Å². The van der Waals surface area contributed by atoms with Crippen molar-refractivity contribution in [1.82, 2.24) is 14.5 Å². The SMILES string of the molecule is Cc1cc(-c2cc(Cl)ccc2OCCn2c(C)nc3cc(CCC(C)(C)C)c(OC(F)F)c(C#N)c3c2=O)c2scc(C(=O)O)c2n1. The first-order valence-corrected chi connectivity index (χ1v) is 15.9. The molecule has 0 saturated carbocycles. The van der Waals surface area contributed by atoms with E-state index in [9.17, 15) is 28.7 Å². The molecule has 0 saturated heterocycles. The van der Waals surface area contributed by atoms with Crippen LogP contribution in [0.15, 0.2) is 40.5 Å². The highest BCUT2D eigenvalue weighted by atomic mass is 35.5. The molecular formula is C34H31ClF2N4O5S. The molecule has 0 unspecified atom stereocenters. The lowest BCUT2D eigenvalue weighted by Gasteiger charge is -2.20. The predicted octanol–water partition coefficient (Wildman–Crippen LogP) is 8.17. The monoisotopic (exact) mass is 680 g/mol. The van der Waals surface area contributed by atoms with Crippen molar-refractivity contribution < 1.29 is 28.2 Å². The lowest BCUT2D eigenvalue weighted by atomic mass is 9.87. The van der Waals surface area contributed by atoms with E-state index in [0.29, 0.717) is 62.0 Å². The van der Waals surface area contributed by atoms with Crippen LogP contribution in [0.3, 0.4) is 0 Å². The Labute approximate surface area is 278 Å². The maximum absolute atomic E-state index is 13.8. The number of hydrogen-bond donors (Lipinski definition) is 1. The largest absolute Gasteiger partial charge is 0.491 e. The van der Waals surface area contributed by atoms with Crippen molar-refractivity contribution in [2.45, 2.75) is 60.6 Å². The molecule has 0 atom stereocenters. The summed E-state index contributed by atoms with van der Waals surface area (Å²) in [7, 11) is 0. The number of alkyl halides is 2. The van der Waals surface area contributed by atoms with E-state index in [1.165, 1.54) is 21.3 Å². The standard InChI is InChI=1S/C34H31ClF2N4O5S/c1-17-12-22(30-28(39-17)24(16-47-30)32(43)44)21-14-20(35)6-7-26(21)45-11-10-41-18(2)40-25-13-19(8-9-34(3,4)5)29(46-33(36)37)23(15-38)27(25)31(41)42/h6-7,12-14,16,33H,8-11H2,1-5H3,(H,43,44). The number of pyridine rings is 1. The van der Waals surface area contributed by atoms with Crippen LogP contribution in [0.4, 0.5) is 8.78 Å². The first-order chi connectivity index (χ1) is 22.2. The predicted molar refractivity (Wildman–Crippen MR) is 177 cm³/mol. The number of aromatic nitrogens is 3. The van der Waals surface area contributed by atoms with Gasteiger partial charge in [-0.25, -0.2) is 9.78 Å². The number of carboxylic acids is 1. The lowest BCUT2D eigenvalue weighted by molar-refractivity contribution is -0.0506. The molecule has 5 aromatic rings. The molecule has 0 aliphatic carbocycles. The van der Waals surface area contributed by atoms with E-state index in [0.717, 1.165) is 0 Å². The number of rotatable bonds is 10. The van der Waals surface area contributed by atoms with E-state index in [1.807, 2.05) is 32.9 Å². The fourth-order valence-corrected chi connectivity index (χ4v) is 6.57. The number of halogens is 3. The molecule has 0 fully saturated rings. The number of carbonyl (C=O) groups is 1. The van der Waals surface area contributed by atoms with Crippen LogP contribution in [0.5, 0.6) is 11.5 Å². The van der Waals surface area contributed by atoms with E-state index < -0.39 is 18.1 Å². The number of thiophene rings is 1. The van der Waals surface area contributed by atoms with Gasteiger partial charge in [-0.1, -0.05) is 32.4 Å². The van der Waals surface area contributed by atoms with Gasteiger partial charge in [0.2, 0.25) is 0 Å². The Bertz CT molecular complexity index is 2130. The summed E-state index contributed by atoms with van der Waals surface area (Å²) in [6, 6.07) is 10.3. The van der Waals surface area contributed by atoms with Gasteiger partial charge in [-0.15, -0.1) is 11.3 Å². The van der Waals surface area contributed by atoms with Crippen molar-refractivity contribution in [3.63, 3.8) is 0 Å². The molecule has 0 spiro atoms. The highest BCUT2D eigenvalue weighted by Gasteiger charge is 2.24. The molecule has 9 nitrogen and oxygen atoms in total. The van der Waals surface area contributed by atoms with Gasteiger partial charge in [0.25, 0.3) is 5.56 Å². The molecule has 0 radical (unpaired) electrons. The zero-order valence-electron chi connectivity index (χ0n) is 26.3. The van der Waals surface area contributed by atoms with Crippen LogP contribution < -0.4 is 15.0 Å². The summed E-state index contributed by atoms with van der Waals surface area (Å²) in [5.74, 6) is -0.614. The minimum atomic E-state index is -3.19. The minimum absolute atomic E-state index is 0.00741. The van der Waals surface area contributed by atoms with Crippen molar-refractivity contribution in [2.24, 2.45) is 5.41 Å². The van der Waals surface area contributed by atoms with Crippen molar-refractivity contribution in [3.05, 3.63) is 79.3 Å². The van der Waals surface area contributed by atoms with E-state index >= 15 is 0 Å². The average Bonchev–Trinajstić information content (AvgIpc) is 3.41. The summed E-state index contributed by atoms with van der Waals surface area (Å²) in [4.78, 5) is 34.6. The van der Waals surface area contributed by atoms with Gasteiger partial charge in [0.15, 0.2) is 0 Å². The number of ether oxygens (including phenoxy) is 2. The molecule has 1 N–H and O–H groups in total. The molecule has 3 aromatic heterocycles. The summed E-state index contributed by atoms with van der Waals surface area (Å²) in [6.07, 6.45) is 0.977. The van der Waals surface area contributed by atoms with Gasteiger partial charge in [0.05, 0.1) is 33.2 Å². The average molecular weight is 681 g/mol. The second-order valence-electron chi connectivity index (χ2n) is 12.2. The molecule has 244 valence electrons. The lowest BCUT2D eigenvalue weighted by Crippen LogP contribution is -2.27. The molecule has 2 aromatic carbocycles. The van der Waals surface area contributed by atoms with Crippen molar-refractivity contribution >= 4 is 50.0 Å². The van der Waals surface area contributed by atoms with Crippen LogP contribution in [-0.4, -0.2) is 38.8 Å². The molecule has 0 bridgehead atoms. The summed E-state index contributed by atoms with van der Waals surface area (Å²) in [5.41, 5.74) is 1.98. The van der Waals surface area contributed by atoms with Gasteiger partial charge >= 0.3 is 12.6 Å². The Morgan fingerprint density at radius 3 is 2.57 bits per heavy atom. The number of nitriles is 1. The Balaban J connectivity index is 1.52. The maximum Gasteiger partial charge on any atom is 0.387 e. The van der Waals surface area contributed by atoms with Crippen molar-refractivity contribution in [1.29, 1.82) is 5.26 Å². The molecule has 0 amide bonds. The highest BCUT2D eigenvalue weighted by Crippen LogP contribution is 2.40. The number of aryl methyl sites for hydroxylation is 3. The van der Waals surface area contributed by atoms with E-state index in [2.05, 4.69) is 9.97 Å². The third-order valence-electron chi connectivity index (χ3n) is 7.62. The Morgan fingerprint density at radius 1 is 1.17 bits per heavy atom. The van der Waals surface area contributed by atoms with Gasteiger partial charge in [0.1, 0.15) is 35.6 Å². The molecule has 0 aliphatic heterocycles. The number of benzene rings is 2. The fourth-order valence-electron chi connectivity index (χ4n) is 5.39. The third kappa shape index (κ3) is 7.06. The van der Waals surface area contributed by atoms with Crippen LogP contribution in [0.25, 0.3) is 32.2 Å². The summed E-state index contributed by atoms with van der Waals surface area (Å²) < 4.78 is 40.0. The Morgan fingerprint density at radius 2 is 1.91 bits per heavy atom. The van der Waals surface area contributed by atoms with E-state index in [1.54, 1.807) is 38.1 Å². The number of nitrogens with zero attached hydrogens (tertiary/aromatic N) is 4. The number of aromatic carboxylic acids is 1. The van der Waals surface area contributed by atoms with Crippen molar-refractivity contribution in [2.75, 3.05) is 6.61 Å². The van der Waals surface area contributed by atoms with E-state index in [4.69, 9.17) is 21.1 Å². The zero-order valence-corrected chi connectivity index (χ0v) is 27.9. The van der Waals surface area contributed by atoms with Gasteiger partial charge in [-0.3, -0.25) is 14.3 Å². The molecule has 5 rings (SSSR count). The highest BCUT2D eigenvalue weighted by molar-refractivity contribution is 7.18. The van der Waals surface area contributed by atoms with Crippen LogP contribution >= 0.6 is 22.9 Å². The third-order valence-corrected chi connectivity index (χ3v) is 8.85. The molecule has 0 aliphatic rings. The first-order valence-electron chi connectivity index (χ1n) is 14.6. The second-order valence-corrected chi connectivity index (χ2v) is 13.5. The Kier molecular flexibility index (Phi) is 9.52. The van der Waals surface area contributed by atoms with Crippen LogP contribution in [0, 0.1) is 30.6 Å². The van der Waals surface area contributed by atoms with Gasteiger partial charge in [0, 0.05) is 27.2 Å². The van der Waals surface area contributed by atoms with Crippen molar-refractivity contribution in [3.8, 4) is 28.7 Å². The fraction of sp³-hybridized carbons (Fsp3) is 0.324. The topological polar surface area (TPSA) is 127 Å². The second kappa shape index (κ2) is 13.3. The quantitative estimate of drug-likeness (QED) is 0.156. The van der Waals surface area contributed by atoms with Crippen LogP contribution in [0.1, 0.15) is 60.2 Å². The normalized spacial score (nSPS) is 11.7. The van der Waals surface area contributed by atoms with Gasteiger partial charge in [-0.2, -0.15) is 14.0 Å².